The van der Waals surface area contributed by atoms with Crippen LogP contribution in [0.5, 0.6) is 0 Å². The van der Waals surface area contributed by atoms with Gasteiger partial charge in [0, 0.05) is 18.0 Å². The molecule has 0 unspecified atom stereocenters. The number of unbranched alkanes of at least 4 members (excludes halogenated alkanes) is 1. The molecule has 2 heterocycles. The van der Waals surface area contributed by atoms with Crippen molar-refractivity contribution >= 4 is 11.2 Å². The molecule has 2 aromatic heterocycles. The van der Waals surface area contributed by atoms with Crippen LogP contribution >= 0.6 is 0 Å². The van der Waals surface area contributed by atoms with Crippen LogP contribution in [0, 0.1) is 0 Å². The molecule has 0 atom stereocenters. The van der Waals surface area contributed by atoms with Gasteiger partial charge < -0.3 is 4.98 Å². The molecular formula is C20H25N3. The fourth-order valence-corrected chi connectivity index (χ4v) is 2.94. The molecule has 0 aliphatic rings. The van der Waals surface area contributed by atoms with E-state index in [4.69, 9.17) is 0 Å². The van der Waals surface area contributed by atoms with Crippen molar-refractivity contribution < 1.29 is 0 Å². The zero-order chi connectivity index (χ0) is 16.4. The summed E-state index contributed by atoms with van der Waals surface area (Å²) in [5.74, 6) is 0. The van der Waals surface area contributed by atoms with Gasteiger partial charge in [-0.15, -0.1) is 0 Å². The number of benzene rings is 1. The van der Waals surface area contributed by atoms with Gasteiger partial charge in [-0.3, -0.25) is 4.98 Å². The van der Waals surface area contributed by atoms with Crippen LogP contribution < -0.4 is 0 Å². The Morgan fingerprint density at radius 2 is 1.70 bits per heavy atom. The van der Waals surface area contributed by atoms with E-state index in [-0.39, 0.29) is 5.41 Å². The highest BCUT2D eigenvalue weighted by molar-refractivity contribution is 5.85. The first-order chi connectivity index (χ1) is 11.0. The summed E-state index contributed by atoms with van der Waals surface area (Å²) in [6.07, 6.45) is 6.89. The van der Waals surface area contributed by atoms with Crippen molar-refractivity contribution in [1.82, 2.24) is 15.0 Å². The Morgan fingerprint density at radius 3 is 2.35 bits per heavy atom. The van der Waals surface area contributed by atoms with Gasteiger partial charge in [0.15, 0.2) is 5.65 Å². The molecule has 0 amide bonds. The molecular weight excluding hydrogens is 282 g/mol. The summed E-state index contributed by atoms with van der Waals surface area (Å²) in [5, 5.41) is 0. The van der Waals surface area contributed by atoms with Gasteiger partial charge in [-0.25, -0.2) is 4.98 Å². The lowest BCUT2D eigenvalue weighted by molar-refractivity contribution is 0.590. The highest BCUT2D eigenvalue weighted by atomic mass is 14.9. The summed E-state index contributed by atoms with van der Waals surface area (Å²) >= 11 is 0. The SMILES string of the molecule is CCCCc1c(-c2ccc(C(C)(C)C)cc2)[nH]c2nccnc12. The van der Waals surface area contributed by atoms with E-state index in [0.29, 0.717) is 0 Å². The summed E-state index contributed by atoms with van der Waals surface area (Å²) in [7, 11) is 0. The smallest absolute Gasteiger partial charge is 0.156 e. The molecule has 120 valence electrons. The van der Waals surface area contributed by atoms with Gasteiger partial charge >= 0.3 is 0 Å². The third-order valence-electron chi connectivity index (χ3n) is 4.35. The van der Waals surface area contributed by atoms with E-state index in [1.165, 1.54) is 28.8 Å². The number of nitrogens with one attached hydrogen (secondary N) is 1. The average Bonchev–Trinajstić information content (AvgIpc) is 2.91. The van der Waals surface area contributed by atoms with Crippen LogP contribution in [-0.4, -0.2) is 15.0 Å². The Hall–Kier alpha value is -2.16. The summed E-state index contributed by atoms with van der Waals surface area (Å²) in [6, 6.07) is 8.87. The van der Waals surface area contributed by atoms with E-state index in [1.54, 1.807) is 12.4 Å². The van der Waals surface area contributed by atoms with Crippen LogP contribution in [0.4, 0.5) is 0 Å². The normalized spacial score (nSPS) is 12.0. The average molecular weight is 307 g/mol. The zero-order valence-corrected chi connectivity index (χ0v) is 14.5. The predicted molar refractivity (Wildman–Crippen MR) is 96.6 cm³/mol. The largest absolute Gasteiger partial charge is 0.338 e. The minimum atomic E-state index is 0.174. The fourth-order valence-electron chi connectivity index (χ4n) is 2.94. The van der Waals surface area contributed by atoms with Crippen molar-refractivity contribution in [1.29, 1.82) is 0 Å². The molecule has 1 aromatic carbocycles. The van der Waals surface area contributed by atoms with Crippen molar-refractivity contribution in [3.63, 3.8) is 0 Å². The van der Waals surface area contributed by atoms with Crippen molar-refractivity contribution in [2.24, 2.45) is 0 Å². The third kappa shape index (κ3) is 3.14. The predicted octanol–water partition coefficient (Wildman–Crippen LogP) is 5.27. The molecule has 0 spiro atoms. The Balaban J connectivity index is 2.08. The van der Waals surface area contributed by atoms with E-state index < -0.39 is 0 Å². The van der Waals surface area contributed by atoms with E-state index in [2.05, 4.69) is 66.9 Å². The number of hydrogen-bond donors (Lipinski definition) is 1. The number of aromatic amines is 1. The standard InChI is InChI=1S/C20H25N3/c1-5-6-7-16-17(23-19-18(16)21-12-13-22-19)14-8-10-15(11-9-14)20(2,3)4/h8-13H,5-7H2,1-4H3,(H,22,23). The maximum atomic E-state index is 4.54. The van der Waals surface area contributed by atoms with Crippen molar-refractivity contribution in [3.05, 3.63) is 47.8 Å². The molecule has 0 saturated heterocycles. The minimum absolute atomic E-state index is 0.174. The molecule has 23 heavy (non-hydrogen) atoms. The van der Waals surface area contributed by atoms with Crippen molar-refractivity contribution in [2.45, 2.75) is 52.4 Å². The lowest BCUT2D eigenvalue weighted by atomic mass is 9.86. The zero-order valence-electron chi connectivity index (χ0n) is 14.5. The van der Waals surface area contributed by atoms with E-state index in [0.717, 1.165) is 24.0 Å². The van der Waals surface area contributed by atoms with Crippen LogP contribution in [0.2, 0.25) is 0 Å². The Kier molecular flexibility index (Phi) is 4.20. The van der Waals surface area contributed by atoms with Crippen molar-refractivity contribution in [2.75, 3.05) is 0 Å². The van der Waals surface area contributed by atoms with E-state index >= 15 is 0 Å². The Bertz CT molecular complexity index is 792. The highest BCUT2D eigenvalue weighted by Gasteiger charge is 2.16. The molecule has 1 N–H and O–H groups in total. The van der Waals surface area contributed by atoms with Gasteiger partial charge in [-0.05, 0) is 29.4 Å². The minimum Gasteiger partial charge on any atom is -0.338 e. The monoisotopic (exact) mass is 307 g/mol. The van der Waals surface area contributed by atoms with Crippen LogP contribution in [0.15, 0.2) is 36.7 Å². The van der Waals surface area contributed by atoms with E-state index in [1.807, 2.05) is 0 Å². The van der Waals surface area contributed by atoms with Gasteiger partial charge in [-0.2, -0.15) is 0 Å². The molecule has 3 aromatic rings. The van der Waals surface area contributed by atoms with Crippen LogP contribution in [0.25, 0.3) is 22.4 Å². The molecule has 0 saturated carbocycles. The lowest BCUT2D eigenvalue weighted by Gasteiger charge is -2.19. The molecule has 0 radical (unpaired) electrons. The van der Waals surface area contributed by atoms with Crippen LogP contribution in [0.3, 0.4) is 0 Å². The van der Waals surface area contributed by atoms with E-state index in [9.17, 15) is 0 Å². The summed E-state index contributed by atoms with van der Waals surface area (Å²) in [6.45, 7) is 8.95. The fraction of sp³-hybridized carbons (Fsp3) is 0.400. The second-order valence-electron chi connectivity index (χ2n) is 7.16. The first-order valence-corrected chi connectivity index (χ1v) is 8.43. The van der Waals surface area contributed by atoms with Crippen LogP contribution in [-0.2, 0) is 11.8 Å². The number of H-pyrrole nitrogens is 1. The van der Waals surface area contributed by atoms with Gasteiger partial charge in [0.25, 0.3) is 0 Å². The molecule has 3 rings (SSSR count). The second kappa shape index (κ2) is 6.15. The quantitative estimate of drug-likeness (QED) is 0.714. The van der Waals surface area contributed by atoms with Gasteiger partial charge in [0.05, 0.1) is 5.69 Å². The summed E-state index contributed by atoms with van der Waals surface area (Å²) in [4.78, 5) is 12.5. The molecule has 0 fully saturated rings. The molecule has 3 heteroatoms. The first kappa shape index (κ1) is 15.7. The number of hydrogen-bond acceptors (Lipinski definition) is 2. The molecule has 0 bridgehead atoms. The number of nitrogens with zero attached hydrogens (tertiary/aromatic N) is 2. The lowest BCUT2D eigenvalue weighted by Crippen LogP contribution is -2.10. The summed E-state index contributed by atoms with van der Waals surface area (Å²) in [5.41, 5.74) is 7.09. The van der Waals surface area contributed by atoms with Crippen LogP contribution in [0.1, 0.15) is 51.7 Å². The maximum Gasteiger partial charge on any atom is 0.156 e. The van der Waals surface area contributed by atoms with Crippen molar-refractivity contribution in [3.8, 4) is 11.3 Å². The number of fused-ring (bicyclic) bond motifs is 1. The van der Waals surface area contributed by atoms with Gasteiger partial charge in [0.2, 0.25) is 0 Å². The molecule has 0 aliphatic carbocycles. The highest BCUT2D eigenvalue weighted by Crippen LogP contribution is 2.31. The second-order valence-corrected chi connectivity index (χ2v) is 7.16. The Labute approximate surface area is 138 Å². The molecule has 0 aliphatic heterocycles. The topological polar surface area (TPSA) is 41.6 Å². The number of aromatic nitrogens is 3. The molecule has 3 nitrogen and oxygen atoms in total. The first-order valence-electron chi connectivity index (χ1n) is 8.43. The maximum absolute atomic E-state index is 4.54. The number of rotatable bonds is 4. The van der Waals surface area contributed by atoms with Gasteiger partial charge in [-0.1, -0.05) is 58.4 Å². The third-order valence-corrected chi connectivity index (χ3v) is 4.35. The van der Waals surface area contributed by atoms with Gasteiger partial charge in [0.1, 0.15) is 5.52 Å². The summed E-state index contributed by atoms with van der Waals surface area (Å²) < 4.78 is 0. The number of aryl methyl sites for hydroxylation is 1. The Morgan fingerprint density at radius 1 is 1.00 bits per heavy atom.